The molecule has 1 N–H and O–H groups in total. The molecule has 21 heavy (non-hydrogen) atoms. The van der Waals surface area contributed by atoms with Crippen LogP contribution in [0.15, 0.2) is 29.8 Å². The number of halogens is 4. The maximum absolute atomic E-state index is 13.1. The fourth-order valence-corrected chi connectivity index (χ4v) is 2.27. The average molecular weight is 318 g/mol. The minimum absolute atomic E-state index is 0.233. The Balaban J connectivity index is 2.02. The van der Waals surface area contributed by atoms with Crippen LogP contribution < -0.4 is 5.32 Å². The first-order valence-corrected chi connectivity index (χ1v) is 6.79. The van der Waals surface area contributed by atoms with Gasteiger partial charge in [0.15, 0.2) is 0 Å². The van der Waals surface area contributed by atoms with Crippen LogP contribution in [-0.2, 0) is 12.6 Å². The highest BCUT2D eigenvalue weighted by Gasteiger charge is 2.34. The lowest BCUT2D eigenvalue weighted by molar-refractivity contribution is -0.140. The Labute approximate surface area is 121 Å². The van der Waals surface area contributed by atoms with Crippen LogP contribution in [0, 0.1) is 5.82 Å². The molecular formula is C13H10F4N2OS. The van der Waals surface area contributed by atoms with Crippen molar-refractivity contribution in [2.75, 3.05) is 6.54 Å². The summed E-state index contributed by atoms with van der Waals surface area (Å²) in [5, 5.41) is 5.07. The number of hydrogen-bond acceptors (Lipinski definition) is 3. The predicted molar refractivity (Wildman–Crippen MR) is 69.6 cm³/mol. The zero-order valence-corrected chi connectivity index (χ0v) is 11.4. The highest BCUT2D eigenvalue weighted by Crippen LogP contribution is 2.31. The smallest absolute Gasteiger partial charge is 0.352 e. The minimum atomic E-state index is -4.83. The van der Waals surface area contributed by atoms with Crippen molar-refractivity contribution in [3.8, 4) is 0 Å². The lowest BCUT2D eigenvalue weighted by Gasteiger charge is -2.10. The first kappa shape index (κ1) is 15.4. The average Bonchev–Trinajstić information content (AvgIpc) is 2.91. The fraction of sp³-hybridized carbons (Fsp3) is 0.231. The van der Waals surface area contributed by atoms with E-state index in [1.165, 1.54) is 11.3 Å². The van der Waals surface area contributed by atoms with Gasteiger partial charge in [0.25, 0.3) is 5.91 Å². The quantitative estimate of drug-likeness (QED) is 0.879. The van der Waals surface area contributed by atoms with Crippen LogP contribution in [0.4, 0.5) is 17.6 Å². The van der Waals surface area contributed by atoms with Gasteiger partial charge in [-0.25, -0.2) is 9.37 Å². The molecule has 0 saturated heterocycles. The van der Waals surface area contributed by atoms with Gasteiger partial charge in [-0.05, 0) is 18.2 Å². The highest BCUT2D eigenvalue weighted by molar-refractivity contribution is 7.09. The number of amides is 1. The number of nitrogens with zero attached hydrogens (tertiary/aromatic N) is 1. The van der Waals surface area contributed by atoms with Crippen molar-refractivity contribution in [3.63, 3.8) is 0 Å². The van der Waals surface area contributed by atoms with E-state index in [9.17, 15) is 22.4 Å². The molecule has 1 amide bonds. The monoisotopic (exact) mass is 318 g/mol. The summed E-state index contributed by atoms with van der Waals surface area (Å²) >= 11 is 1.42. The number of carbonyl (C=O) groups is 1. The number of alkyl halides is 3. The molecule has 2 aromatic rings. The van der Waals surface area contributed by atoms with Crippen molar-refractivity contribution in [2.24, 2.45) is 0 Å². The van der Waals surface area contributed by atoms with E-state index in [0.29, 0.717) is 18.6 Å². The standard InChI is InChI=1S/C13H10F4N2OS/c14-10-2-1-8(7-9(10)13(15,16)17)12(20)19-4-3-11-18-5-6-21-11/h1-2,5-7H,3-4H2,(H,19,20). The molecule has 0 aliphatic rings. The first-order valence-electron chi connectivity index (χ1n) is 5.91. The van der Waals surface area contributed by atoms with Crippen LogP contribution in [0.5, 0.6) is 0 Å². The highest BCUT2D eigenvalue weighted by atomic mass is 32.1. The van der Waals surface area contributed by atoms with Gasteiger partial charge in [-0.2, -0.15) is 13.2 Å². The SMILES string of the molecule is O=C(NCCc1nccs1)c1ccc(F)c(C(F)(F)F)c1. The largest absolute Gasteiger partial charge is 0.419 e. The molecule has 2 rings (SSSR count). The molecule has 0 atom stereocenters. The summed E-state index contributed by atoms with van der Waals surface area (Å²) in [7, 11) is 0. The topological polar surface area (TPSA) is 42.0 Å². The van der Waals surface area contributed by atoms with Crippen molar-refractivity contribution in [2.45, 2.75) is 12.6 Å². The van der Waals surface area contributed by atoms with Crippen molar-refractivity contribution < 1.29 is 22.4 Å². The van der Waals surface area contributed by atoms with Gasteiger partial charge < -0.3 is 5.32 Å². The van der Waals surface area contributed by atoms with E-state index < -0.39 is 23.5 Å². The number of aromatic nitrogens is 1. The normalized spacial score (nSPS) is 11.4. The summed E-state index contributed by atoms with van der Waals surface area (Å²) in [4.78, 5) is 15.8. The van der Waals surface area contributed by atoms with E-state index in [1.54, 1.807) is 11.6 Å². The Hall–Kier alpha value is -1.96. The van der Waals surface area contributed by atoms with Gasteiger partial charge in [-0.1, -0.05) is 0 Å². The molecule has 8 heteroatoms. The molecule has 1 aromatic heterocycles. The maximum atomic E-state index is 13.1. The van der Waals surface area contributed by atoms with Gasteiger partial charge in [0.1, 0.15) is 5.82 Å². The second-order valence-corrected chi connectivity index (χ2v) is 5.10. The Kier molecular flexibility index (Phi) is 4.56. The molecule has 3 nitrogen and oxygen atoms in total. The van der Waals surface area contributed by atoms with Crippen molar-refractivity contribution in [3.05, 3.63) is 51.7 Å². The molecule has 1 heterocycles. The third kappa shape index (κ3) is 4.01. The summed E-state index contributed by atoms with van der Waals surface area (Å²) < 4.78 is 50.8. The van der Waals surface area contributed by atoms with Crippen LogP contribution in [0.3, 0.4) is 0 Å². The number of hydrogen-bond donors (Lipinski definition) is 1. The zero-order valence-electron chi connectivity index (χ0n) is 10.6. The van der Waals surface area contributed by atoms with Gasteiger partial charge in [0.05, 0.1) is 10.6 Å². The van der Waals surface area contributed by atoms with Crippen LogP contribution in [0.25, 0.3) is 0 Å². The van der Waals surface area contributed by atoms with Gasteiger partial charge >= 0.3 is 6.18 Å². The molecule has 112 valence electrons. The molecular weight excluding hydrogens is 308 g/mol. The summed E-state index contributed by atoms with van der Waals surface area (Å²) in [6, 6.07) is 2.16. The number of thiazole rings is 1. The summed E-state index contributed by atoms with van der Waals surface area (Å²) in [6.07, 6.45) is -2.73. The number of carbonyl (C=O) groups excluding carboxylic acids is 1. The van der Waals surface area contributed by atoms with E-state index in [0.717, 1.165) is 11.1 Å². The molecule has 0 aliphatic heterocycles. The lowest BCUT2D eigenvalue weighted by Crippen LogP contribution is -2.26. The lowest BCUT2D eigenvalue weighted by atomic mass is 10.1. The van der Waals surface area contributed by atoms with Crippen LogP contribution in [0.2, 0.25) is 0 Å². The van der Waals surface area contributed by atoms with Gasteiger partial charge in [0, 0.05) is 30.1 Å². The molecule has 0 spiro atoms. The van der Waals surface area contributed by atoms with Crippen LogP contribution >= 0.6 is 11.3 Å². The Morgan fingerprint density at radius 1 is 1.33 bits per heavy atom. The number of nitrogens with one attached hydrogen (secondary N) is 1. The van der Waals surface area contributed by atoms with E-state index in [4.69, 9.17) is 0 Å². The molecule has 1 aromatic carbocycles. The molecule has 0 radical (unpaired) electrons. The van der Waals surface area contributed by atoms with E-state index >= 15 is 0 Å². The second kappa shape index (κ2) is 6.21. The van der Waals surface area contributed by atoms with Gasteiger partial charge in [-0.3, -0.25) is 4.79 Å². The Morgan fingerprint density at radius 3 is 2.71 bits per heavy atom. The summed E-state index contributed by atoms with van der Waals surface area (Å²) in [5.41, 5.74) is -1.68. The predicted octanol–water partition coefficient (Wildman–Crippen LogP) is 3.27. The van der Waals surface area contributed by atoms with Gasteiger partial charge in [-0.15, -0.1) is 11.3 Å². The third-order valence-corrected chi connectivity index (χ3v) is 3.48. The zero-order chi connectivity index (χ0) is 15.5. The number of benzene rings is 1. The third-order valence-electron chi connectivity index (χ3n) is 2.64. The summed E-state index contributed by atoms with van der Waals surface area (Å²) in [5.74, 6) is -2.08. The fourth-order valence-electron chi connectivity index (χ4n) is 1.65. The van der Waals surface area contributed by atoms with Gasteiger partial charge in [0.2, 0.25) is 0 Å². The van der Waals surface area contributed by atoms with E-state index in [1.807, 2.05) is 0 Å². The van der Waals surface area contributed by atoms with Crippen molar-refractivity contribution in [1.82, 2.24) is 10.3 Å². The van der Waals surface area contributed by atoms with Crippen molar-refractivity contribution >= 4 is 17.2 Å². The second-order valence-electron chi connectivity index (χ2n) is 4.12. The Morgan fingerprint density at radius 2 is 2.10 bits per heavy atom. The van der Waals surface area contributed by atoms with Crippen LogP contribution in [0.1, 0.15) is 20.9 Å². The van der Waals surface area contributed by atoms with Crippen molar-refractivity contribution in [1.29, 1.82) is 0 Å². The number of rotatable bonds is 4. The molecule has 0 saturated carbocycles. The van der Waals surface area contributed by atoms with Crippen LogP contribution in [-0.4, -0.2) is 17.4 Å². The minimum Gasteiger partial charge on any atom is -0.352 e. The molecule has 0 bridgehead atoms. The first-order chi connectivity index (χ1) is 9.88. The summed E-state index contributed by atoms with van der Waals surface area (Å²) in [6.45, 7) is 0.241. The Bertz CT molecular complexity index is 626. The van der Waals surface area contributed by atoms with E-state index in [2.05, 4.69) is 10.3 Å². The molecule has 0 fully saturated rings. The van der Waals surface area contributed by atoms with E-state index in [-0.39, 0.29) is 12.1 Å². The molecule has 0 unspecified atom stereocenters. The molecule has 0 aliphatic carbocycles. The maximum Gasteiger partial charge on any atom is 0.419 e.